The van der Waals surface area contributed by atoms with Crippen LogP contribution in [0.15, 0.2) is 97.1 Å². The molecular weight excluding hydrogens is 1270 g/mol. The predicted octanol–water partition coefficient (Wildman–Crippen LogP) is 9.16. The molecule has 8 aromatic rings. The zero-order valence-electron chi connectivity index (χ0n) is 49.9. The zero-order valence-corrected chi connectivity index (χ0v) is 52.1. The molecule has 4 aromatic carbocycles. The van der Waals surface area contributed by atoms with Crippen molar-refractivity contribution in [3.8, 4) is 0 Å². The Bertz CT molecular complexity index is 2850. The summed E-state index contributed by atoms with van der Waals surface area (Å²) in [6.45, 7) is 14.6. The third-order valence-electron chi connectivity index (χ3n) is 11.2. The van der Waals surface area contributed by atoms with Crippen molar-refractivity contribution in [2.45, 2.75) is 86.2 Å². The standard InChI is InChI=1S/C43H49N10O.3C3H7NO.3BF4.2Fe.NO/c1-5-50-36-21-13-9-17-32(36)44-40(50)27-48(28-41-45-33-18-10-14-22-37(33)51(41)6-2)25-31(54)26-49(29-42-46-34-19-11-15-23-38(34)52(42)7-3)30-43-47-35-20-12-16-24-39(35)53(43)8-4;3*1-4(2)3-5;3*2-1(3,4)5;;;1-2/h9-24,31H,5-8,25-30H2,1-4H3;3*3H,1-2H3;;;;;;/q-1;;;;3*-1;+2;+3;. The van der Waals surface area contributed by atoms with E-state index in [4.69, 9.17) is 30.4 Å². The van der Waals surface area contributed by atoms with Gasteiger partial charge in [-0.25, -0.2) is 19.9 Å². The third-order valence-corrected chi connectivity index (χ3v) is 11.2. The number of fused-ring (bicyclic) bond motifs is 4. The summed E-state index contributed by atoms with van der Waals surface area (Å²) in [5, 5.41) is 14.6. The Labute approximate surface area is 523 Å². The second-order valence-corrected chi connectivity index (χ2v) is 18.7. The molecule has 0 atom stereocenters. The quantitative estimate of drug-likeness (QED) is 0.0425. The molecule has 486 valence electrons. The van der Waals surface area contributed by atoms with Gasteiger partial charge in [-0.3, -0.25) is 24.2 Å². The molecule has 19 nitrogen and oxygen atoms in total. The molecule has 2 radical (unpaired) electrons. The van der Waals surface area contributed by atoms with E-state index in [0.717, 1.165) is 113 Å². The summed E-state index contributed by atoms with van der Waals surface area (Å²) < 4.78 is 126. The summed E-state index contributed by atoms with van der Waals surface area (Å²) >= 11 is 0. The number of halogens is 12. The van der Waals surface area contributed by atoms with Crippen molar-refractivity contribution in [3.63, 3.8) is 0 Å². The minimum absolute atomic E-state index is 0. The van der Waals surface area contributed by atoms with Crippen LogP contribution in [0.5, 0.6) is 0 Å². The van der Waals surface area contributed by atoms with E-state index in [1.54, 1.807) is 42.3 Å². The Morgan fingerprint density at radius 1 is 0.420 bits per heavy atom. The predicted molar refractivity (Wildman–Crippen MR) is 309 cm³/mol. The largest absolute Gasteiger partial charge is 3.00 e. The number of hydrogen-bond donors (Lipinski definition) is 0. The average molecular weight is 1340 g/mol. The molecule has 0 saturated carbocycles. The van der Waals surface area contributed by atoms with Gasteiger partial charge in [0.1, 0.15) is 28.9 Å². The van der Waals surface area contributed by atoms with Crippen LogP contribution in [-0.4, -0.2) is 165 Å². The molecule has 0 aliphatic carbocycles. The number of hydrogen-bond acceptors (Lipinski definition) is 11. The van der Waals surface area contributed by atoms with E-state index in [0.29, 0.717) is 39.3 Å². The molecule has 8 rings (SSSR count). The number of para-hydroxylation sites is 8. The molecule has 0 saturated heterocycles. The van der Waals surface area contributed by atoms with E-state index in [1.807, 2.05) is 24.3 Å². The van der Waals surface area contributed by atoms with Gasteiger partial charge in [0.05, 0.1) is 70.3 Å². The SMILES string of the molecule is CCn1c(CN(Cc2nc3ccccc3n2CC)CC([O-])CN(Cc2nc3ccccc3n2CC)Cc2nc3ccccc3n2CC)nc2ccccc21.CN(C)C=O.CN(C)C=O.CN(C)C=O.F[B-](F)(F)F.F[B-](F)(F)F.F[B-](F)(F)F.[Fe+2].[Fe+3].[N]=O. The number of benzene rings is 4. The van der Waals surface area contributed by atoms with Crippen molar-refractivity contribution >= 4 is 85.1 Å². The maximum absolute atomic E-state index is 14.6. The van der Waals surface area contributed by atoms with Crippen LogP contribution in [-0.2, 0) is 101 Å². The van der Waals surface area contributed by atoms with Crippen LogP contribution >= 0.6 is 0 Å². The van der Waals surface area contributed by atoms with E-state index in [1.165, 1.54) is 14.7 Å². The summed E-state index contributed by atoms with van der Waals surface area (Å²) in [6.07, 6.45) is 1.32. The van der Waals surface area contributed by atoms with Crippen molar-refractivity contribution in [1.82, 2.24) is 68.3 Å². The first-order chi connectivity index (χ1) is 40.3. The van der Waals surface area contributed by atoms with E-state index in [9.17, 15) is 71.3 Å². The molecular formula is C52H70B3F12Fe2N14O5+. The van der Waals surface area contributed by atoms with Crippen molar-refractivity contribution in [3.05, 3.63) is 125 Å². The first-order valence-electron chi connectivity index (χ1n) is 26.3. The first kappa shape index (κ1) is 83.1. The molecule has 88 heavy (non-hydrogen) atoms. The first-order valence-corrected chi connectivity index (χ1v) is 26.3. The number of amides is 3. The van der Waals surface area contributed by atoms with Crippen LogP contribution in [0.4, 0.5) is 51.8 Å². The Morgan fingerprint density at radius 2 is 0.580 bits per heavy atom. The minimum atomic E-state index is -6.00. The molecule has 36 heteroatoms. The van der Waals surface area contributed by atoms with Crippen molar-refractivity contribution in [2.24, 2.45) is 0 Å². The van der Waals surface area contributed by atoms with Gasteiger partial charge in [0, 0.05) is 68.5 Å². The molecule has 0 N–H and O–H groups in total. The zero-order chi connectivity index (χ0) is 65.5. The molecule has 0 unspecified atom stereocenters. The topological polar surface area (TPSA) is 201 Å². The number of aryl methyl sites for hydroxylation is 4. The Morgan fingerprint density at radius 3 is 0.727 bits per heavy atom. The summed E-state index contributed by atoms with van der Waals surface area (Å²) in [4.78, 5) is 64.7. The third kappa shape index (κ3) is 31.8. The molecule has 0 spiro atoms. The van der Waals surface area contributed by atoms with Crippen LogP contribution in [0.2, 0.25) is 0 Å². The number of carbonyl (C=O) groups excluding carboxylic acids is 3. The average Bonchev–Trinajstić information content (AvgIpc) is 2.09. The van der Waals surface area contributed by atoms with Gasteiger partial charge in [-0.15, -0.1) is 11.0 Å². The Hall–Kier alpha value is -6.96. The van der Waals surface area contributed by atoms with Crippen molar-refractivity contribution < 1.29 is 105 Å². The second kappa shape index (κ2) is 41.3. The molecule has 0 bridgehead atoms. The molecule has 4 aromatic heterocycles. The van der Waals surface area contributed by atoms with Gasteiger partial charge in [0.25, 0.3) is 0 Å². The van der Waals surface area contributed by atoms with E-state index in [2.05, 4.69) is 129 Å². The van der Waals surface area contributed by atoms with Crippen LogP contribution in [0.1, 0.15) is 51.0 Å². The van der Waals surface area contributed by atoms with E-state index in [-0.39, 0.29) is 34.1 Å². The normalized spacial score (nSPS) is 10.8. The fourth-order valence-electron chi connectivity index (χ4n) is 8.20. The molecule has 0 aliphatic heterocycles. The number of rotatable bonds is 19. The maximum Gasteiger partial charge on any atom is 3.00 e. The Balaban J connectivity index is 0. The molecule has 0 aliphatic rings. The molecule has 0 fully saturated rings. The summed E-state index contributed by atoms with van der Waals surface area (Å²) in [7, 11) is -7.88. The minimum Gasteiger partial charge on any atom is -0.850 e. The number of nitroso groups, excluding NO2 is 1. The van der Waals surface area contributed by atoms with Crippen LogP contribution in [0, 0.1) is 4.91 Å². The summed E-state index contributed by atoms with van der Waals surface area (Å²) in [5.74, 6) is 3.82. The molecule has 4 heterocycles. The fourth-order valence-corrected chi connectivity index (χ4v) is 8.20. The van der Waals surface area contributed by atoms with Gasteiger partial charge >= 0.3 is 55.9 Å². The van der Waals surface area contributed by atoms with Crippen molar-refractivity contribution in [2.75, 3.05) is 55.4 Å². The number of nitrogens with zero attached hydrogens (tertiary/aromatic N) is 14. The smallest absolute Gasteiger partial charge is 0.850 e. The van der Waals surface area contributed by atoms with Crippen LogP contribution < -0.4 is 10.7 Å². The summed E-state index contributed by atoms with van der Waals surface area (Å²) in [5.41, 5.74) is 14.1. The Kier molecular flexibility index (Phi) is 39.0. The second-order valence-electron chi connectivity index (χ2n) is 18.7. The van der Waals surface area contributed by atoms with Gasteiger partial charge in [-0.05, 0) is 89.3 Å². The summed E-state index contributed by atoms with van der Waals surface area (Å²) in [6, 6.07) is 33.1. The van der Waals surface area contributed by atoms with Gasteiger partial charge < -0.3 is 89.9 Å². The van der Waals surface area contributed by atoms with Crippen molar-refractivity contribution in [1.29, 1.82) is 0 Å². The van der Waals surface area contributed by atoms with Gasteiger partial charge in [0.15, 0.2) is 0 Å². The van der Waals surface area contributed by atoms with Gasteiger partial charge in [0.2, 0.25) is 19.2 Å². The van der Waals surface area contributed by atoms with Gasteiger partial charge in [-0.2, -0.15) is 0 Å². The number of aromatic nitrogens is 8. The maximum atomic E-state index is 14.6. The van der Waals surface area contributed by atoms with Crippen LogP contribution in [0.3, 0.4) is 0 Å². The van der Waals surface area contributed by atoms with E-state index >= 15 is 0 Å². The number of imidazole rings is 4. The monoisotopic (exact) mass is 1340 g/mol. The van der Waals surface area contributed by atoms with E-state index < -0.39 is 27.9 Å². The van der Waals surface area contributed by atoms with Gasteiger partial charge in [-0.1, -0.05) is 48.5 Å². The number of carbonyl (C=O) groups is 3. The van der Waals surface area contributed by atoms with Crippen LogP contribution in [0.25, 0.3) is 44.1 Å². The fraction of sp³-hybridized carbons (Fsp3) is 0.404. The molecule has 3 amide bonds.